The Balaban J connectivity index is 2.54. The number of nitrogens with zero attached hydrogens (tertiary/aromatic N) is 2. The number of guanidine groups is 1. The number of para-hydroxylation sites is 1. The molecule has 16 heteroatoms. The Morgan fingerprint density at radius 2 is 1.76 bits per heavy atom. The summed E-state index contributed by atoms with van der Waals surface area (Å²) >= 11 is 0. The number of carbonyl (C=O) groups is 1. The molecule has 1 amide bonds. The SMILES string of the molecule is Cc1ccc(NS(=O)(=O)c2ccccc2OC(F)(F)F)c(=O)n1C(C(N)=O)C(C)ON=C(N)N. The van der Waals surface area contributed by atoms with E-state index >= 15 is 0 Å². The molecule has 0 aliphatic heterocycles. The molecular weight excluding hydrogens is 485 g/mol. The molecule has 2 aromatic rings. The van der Waals surface area contributed by atoms with Crippen LogP contribution in [0.2, 0.25) is 0 Å². The van der Waals surface area contributed by atoms with Gasteiger partial charge < -0.3 is 26.8 Å². The fraction of sp³-hybridized carbons (Fsp3) is 0.278. The molecule has 0 radical (unpaired) electrons. The van der Waals surface area contributed by atoms with Gasteiger partial charge in [-0.25, -0.2) is 8.42 Å². The molecule has 1 aromatic carbocycles. The number of halogens is 3. The maximum Gasteiger partial charge on any atom is 0.573 e. The first-order valence-electron chi connectivity index (χ1n) is 9.28. The van der Waals surface area contributed by atoms with Crippen molar-refractivity contribution in [2.24, 2.45) is 22.4 Å². The molecule has 1 heterocycles. The Morgan fingerprint density at radius 3 is 2.32 bits per heavy atom. The fourth-order valence-electron chi connectivity index (χ4n) is 2.92. The number of oxime groups is 1. The molecule has 0 spiro atoms. The van der Waals surface area contributed by atoms with Crippen LogP contribution in [0.1, 0.15) is 18.7 Å². The maximum absolute atomic E-state index is 13.1. The average molecular weight is 506 g/mol. The molecular formula is C18H21F3N6O6S. The van der Waals surface area contributed by atoms with E-state index < -0.39 is 62.3 Å². The lowest BCUT2D eigenvalue weighted by Crippen LogP contribution is -2.42. The van der Waals surface area contributed by atoms with Crippen LogP contribution in [0.4, 0.5) is 18.9 Å². The van der Waals surface area contributed by atoms with Crippen LogP contribution < -0.4 is 32.2 Å². The summed E-state index contributed by atoms with van der Waals surface area (Å²) in [5.41, 5.74) is 14.3. The number of hydrogen-bond donors (Lipinski definition) is 4. The van der Waals surface area contributed by atoms with Crippen molar-refractivity contribution in [3.8, 4) is 5.75 Å². The van der Waals surface area contributed by atoms with Crippen molar-refractivity contribution in [2.75, 3.05) is 4.72 Å². The highest BCUT2D eigenvalue weighted by molar-refractivity contribution is 7.92. The van der Waals surface area contributed by atoms with E-state index in [0.29, 0.717) is 0 Å². The second-order valence-electron chi connectivity index (χ2n) is 6.84. The molecule has 2 unspecified atom stereocenters. The third kappa shape index (κ3) is 6.31. The first-order valence-corrected chi connectivity index (χ1v) is 10.8. The van der Waals surface area contributed by atoms with Gasteiger partial charge in [0.15, 0.2) is 12.1 Å². The van der Waals surface area contributed by atoms with Gasteiger partial charge in [0.05, 0.1) is 0 Å². The van der Waals surface area contributed by atoms with Crippen molar-refractivity contribution < 1.29 is 36.0 Å². The van der Waals surface area contributed by atoms with Crippen molar-refractivity contribution in [1.29, 1.82) is 0 Å². The van der Waals surface area contributed by atoms with Crippen LogP contribution in [0.25, 0.3) is 0 Å². The highest BCUT2D eigenvalue weighted by Gasteiger charge is 2.35. The van der Waals surface area contributed by atoms with E-state index in [1.165, 1.54) is 19.9 Å². The number of sulfonamides is 1. The molecule has 34 heavy (non-hydrogen) atoms. The number of alkyl halides is 3. The van der Waals surface area contributed by atoms with Gasteiger partial charge in [-0.15, -0.1) is 13.2 Å². The van der Waals surface area contributed by atoms with E-state index in [1.807, 2.05) is 4.72 Å². The summed E-state index contributed by atoms with van der Waals surface area (Å²) in [7, 11) is -4.75. The van der Waals surface area contributed by atoms with Crippen LogP contribution in [0.5, 0.6) is 5.75 Å². The second kappa shape index (κ2) is 9.90. The van der Waals surface area contributed by atoms with Gasteiger partial charge in [-0.2, -0.15) is 0 Å². The Hall–Kier alpha value is -3.95. The second-order valence-corrected chi connectivity index (χ2v) is 8.49. The van der Waals surface area contributed by atoms with Gasteiger partial charge >= 0.3 is 6.36 Å². The van der Waals surface area contributed by atoms with Gasteiger partial charge in [-0.1, -0.05) is 12.1 Å². The van der Waals surface area contributed by atoms with Crippen LogP contribution in [-0.2, 0) is 19.7 Å². The largest absolute Gasteiger partial charge is 0.573 e. The number of nitrogens with two attached hydrogens (primary N) is 3. The maximum atomic E-state index is 13.1. The minimum Gasteiger partial charge on any atom is -0.404 e. The fourth-order valence-corrected chi connectivity index (χ4v) is 4.11. The molecule has 0 bridgehead atoms. The molecule has 0 aliphatic rings. The number of ether oxygens (including phenoxy) is 1. The number of rotatable bonds is 9. The van der Waals surface area contributed by atoms with Crippen LogP contribution in [0.15, 0.2) is 51.2 Å². The van der Waals surface area contributed by atoms with Crippen molar-refractivity contribution in [3.63, 3.8) is 0 Å². The first-order chi connectivity index (χ1) is 15.6. The van der Waals surface area contributed by atoms with Crippen molar-refractivity contribution in [2.45, 2.75) is 37.3 Å². The van der Waals surface area contributed by atoms with Crippen LogP contribution in [0, 0.1) is 6.92 Å². The molecule has 7 N–H and O–H groups in total. The third-order valence-corrected chi connectivity index (χ3v) is 5.67. The Morgan fingerprint density at radius 1 is 1.15 bits per heavy atom. The number of primary amides is 1. The predicted octanol–water partition coefficient (Wildman–Crippen LogP) is 0.476. The molecule has 2 rings (SSSR count). The molecule has 2 atom stereocenters. The summed E-state index contributed by atoms with van der Waals surface area (Å²) in [4.78, 5) is 29.3. The van der Waals surface area contributed by atoms with Gasteiger partial charge in [0.2, 0.25) is 11.9 Å². The molecule has 0 fully saturated rings. The Labute approximate surface area is 191 Å². The summed E-state index contributed by atoms with van der Waals surface area (Å²) in [6.45, 7) is 2.75. The lowest BCUT2D eigenvalue weighted by atomic mass is 10.1. The summed E-state index contributed by atoms with van der Waals surface area (Å²) < 4.78 is 70.2. The smallest absolute Gasteiger partial charge is 0.404 e. The number of anilines is 1. The molecule has 0 saturated carbocycles. The van der Waals surface area contributed by atoms with E-state index in [2.05, 4.69) is 9.89 Å². The molecule has 12 nitrogen and oxygen atoms in total. The zero-order valence-corrected chi connectivity index (χ0v) is 18.6. The zero-order chi connectivity index (χ0) is 25.8. The van der Waals surface area contributed by atoms with Gasteiger partial charge in [0, 0.05) is 5.69 Å². The lowest BCUT2D eigenvalue weighted by molar-refractivity contribution is -0.275. The van der Waals surface area contributed by atoms with Gasteiger partial charge in [0.25, 0.3) is 15.6 Å². The molecule has 0 saturated heterocycles. The number of aromatic nitrogens is 1. The van der Waals surface area contributed by atoms with Crippen molar-refractivity contribution in [3.05, 3.63) is 52.4 Å². The minimum absolute atomic E-state index is 0.178. The molecule has 1 aromatic heterocycles. The number of carbonyl (C=O) groups excluding carboxylic acids is 1. The zero-order valence-electron chi connectivity index (χ0n) is 17.7. The number of hydrogen-bond acceptors (Lipinski definition) is 7. The van der Waals surface area contributed by atoms with Gasteiger partial charge in [-0.3, -0.25) is 18.9 Å². The third-order valence-electron chi connectivity index (χ3n) is 4.27. The average Bonchev–Trinajstić information content (AvgIpc) is 2.70. The highest BCUT2D eigenvalue weighted by atomic mass is 32.2. The summed E-state index contributed by atoms with van der Waals surface area (Å²) in [5.74, 6) is -2.52. The standard InChI is InChI=1S/C18H21F3N6O6S/c1-9-7-8-11(16(29)27(9)14(15(22)28)10(2)33-25-17(23)24)26-34(30,31)13-6-4-3-5-12(13)32-18(19,20)21/h3-8,10,14,26H,1-2H3,(H2,22,28)(H4,23,24,25). The normalized spacial score (nSPS) is 13.4. The number of nitrogens with one attached hydrogen (secondary N) is 1. The van der Waals surface area contributed by atoms with E-state index in [4.69, 9.17) is 22.0 Å². The lowest BCUT2D eigenvalue weighted by Gasteiger charge is -2.24. The molecule has 186 valence electrons. The summed E-state index contributed by atoms with van der Waals surface area (Å²) in [5, 5.41) is 3.30. The van der Waals surface area contributed by atoms with Crippen molar-refractivity contribution in [1.82, 2.24) is 4.57 Å². The van der Waals surface area contributed by atoms with Crippen molar-refractivity contribution >= 4 is 27.6 Å². The van der Waals surface area contributed by atoms with Crippen LogP contribution in [-0.4, -0.2) is 37.3 Å². The number of pyridine rings is 1. The first kappa shape index (κ1) is 26.3. The number of amides is 1. The van der Waals surface area contributed by atoms with E-state index in [9.17, 15) is 31.2 Å². The number of aryl methyl sites for hydroxylation is 1. The molecule has 0 aliphatic carbocycles. The van der Waals surface area contributed by atoms with Gasteiger partial charge in [0.1, 0.15) is 16.3 Å². The Kier molecular flexibility index (Phi) is 7.66. The Bertz CT molecular complexity index is 1260. The highest BCUT2D eigenvalue weighted by Crippen LogP contribution is 2.30. The monoisotopic (exact) mass is 506 g/mol. The van der Waals surface area contributed by atoms with E-state index in [1.54, 1.807) is 0 Å². The predicted molar refractivity (Wildman–Crippen MR) is 114 cm³/mol. The quantitative estimate of drug-likeness (QED) is 0.214. The topological polar surface area (TPSA) is 194 Å². The van der Waals surface area contributed by atoms with E-state index in [0.717, 1.165) is 34.9 Å². The van der Waals surface area contributed by atoms with Gasteiger partial charge in [-0.05, 0) is 43.3 Å². The van der Waals surface area contributed by atoms with E-state index in [-0.39, 0.29) is 5.69 Å². The number of benzene rings is 1. The van der Waals surface area contributed by atoms with Crippen LogP contribution >= 0.6 is 0 Å². The minimum atomic E-state index is -5.16. The summed E-state index contributed by atoms with van der Waals surface area (Å²) in [6, 6.07) is 4.81. The summed E-state index contributed by atoms with van der Waals surface area (Å²) in [6.07, 6.45) is -6.34. The van der Waals surface area contributed by atoms with Crippen LogP contribution in [0.3, 0.4) is 0 Å².